The fourth-order valence-corrected chi connectivity index (χ4v) is 3.26. The maximum Gasteiger partial charge on any atom is 0.314 e. The van der Waals surface area contributed by atoms with Gasteiger partial charge in [-0.1, -0.05) is 6.42 Å². The lowest BCUT2D eigenvalue weighted by molar-refractivity contribution is -0.179. The van der Waals surface area contributed by atoms with Crippen LogP contribution in [-0.4, -0.2) is 29.3 Å². The second kappa shape index (κ2) is 4.07. The number of thiazole rings is 1. The molecule has 0 atom stereocenters. The highest BCUT2D eigenvalue weighted by Gasteiger charge is 2.47. The van der Waals surface area contributed by atoms with Crippen molar-refractivity contribution in [2.45, 2.75) is 31.6 Å². The largest absolute Gasteiger partial charge is 0.481 e. The molecule has 0 aromatic carbocycles. The van der Waals surface area contributed by atoms with Crippen LogP contribution in [0.25, 0.3) is 0 Å². The molecular weight excluding hydrogens is 238 g/mol. The summed E-state index contributed by atoms with van der Waals surface area (Å²) >= 11 is 1.59. The molecule has 1 aliphatic carbocycles. The lowest BCUT2D eigenvalue weighted by atomic mass is 9.82. The Morgan fingerprint density at radius 1 is 1.59 bits per heavy atom. The monoisotopic (exact) mass is 253 g/mol. The molecule has 0 radical (unpaired) electrons. The first kappa shape index (κ1) is 11.2. The van der Waals surface area contributed by atoms with Gasteiger partial charge in [-0.05, 0) is 12.8 Å². The van der Waals surface area contributed by atoms with Gasteiger partial charge < -0.3 is 9.84 Å². The van der Waals surface area contributed by atoms with Gasteiger partial charge in [0.25, 0.3) is 0 Å². The molecule has 1 saturated heterocycles. The number of aromatic nitrogens is 1. The molecule has 5 heteroatoms. The minimum atomic E-state index is -0.760. The highest BCUT2D eigenvalue weighted by atomic mass is 32.1. The summed E-state index contributed by atoms with van der Waals surface area (Å²) < 4.78 is 5.05. The molecule has 92 valence electrons. The summed E-state index contributed by atoms with van der Waals surface area (Å²) in [4.78, 5) is 15.8. The molecule has 1 saturated carbocycles. The average molecular weight is 253 g/mol. The van der Waals surface area contributed by atoms with Crippen LogP contribution >= 0.6 is 11.3 Å². The van der Waals surface area contributed by atoms with Gasteiger partial charge in [-0.25, -0.2) is 4.98 Å². The van der Waals surface area contributed by atoms with E-state index < -0.39 is 11.4 Å². The number of carboxylic acids is 1. The van der Waals surface area contributed by atoms with E-state index in [1.54, 1.807) is 11.3 Å². The van der Waals surface area contributed by atoms with Crippen LogP contribution in [0.4, 0.5) is 0 Å². The zero-order valence-electron chi connectivity index (χ0n) is 9.52. The summed E-state index contributed by atoms with van der Waals surface area (Å²) in [6, 6.07) is 0. The molecule has 3 rings (SSSR count). The van der Waals surface area contributed by atoms with Gasteiger partial charge in [0.1, 0.15) is 5.41 Å². The van der Waals surface area contributed by atoms with Gasteiger partial charge in [0, 0.05) is 17.7 Å². The number of carboxylic acid groups (broad SMARTS) is 1. The number of nitrogens with zero attached hydrogens (tertiary/aromatic N) is 1. The summed E-state index contributed by atoms with van der Waals surface area (Å²) in [5.41, 5.74) is 0.450. The Hall–Kier alpha value is -0.940. The molecular formula is C12H15NO3S. The standard InChI is InChI=1S/C12H15NO3S/c14-11(15)12(6-16-7-12)4-10-13-9(5-17-10)8-2-1-3-8/h5,8H,1-4,6-7H2,(H,14,15). The van der Waals surface area contributed by atoms with Crippen LogP contribution in [0.1, 0.15) is 35.9 Å². The van der Waals surface area contributed by atoms with E-state index in [9.17, 15) is 9.90 Å². The molecule has 0 unspecified atom stereocenters. The smallest absolute Gasteiger partial charge is 0.314 e. The number of hydrogen-bond acceptors (Lipinski definition) is 4. The molecule has 1 aromatic rings. The Bertz CT molecular complexity index is 435. The van der Waals surface area contributed by atoms with Crippen molar-refractivity contribution in [2.24, 2.45) is 5.41 Å². The van der Waals surface area contributed by atoms with Gasteiger partial charge in [-0.2, -0.15) is 0 Å². The van der Waals surface area contributed by atoms with Crippen molar-refractivity contribution in [1.29, 1.82) is 0 Å². The molecule has 2 aliphatic rings. The van der Waals surface area contributed by atoms with Crippen LogP contribution in [0, 0.1) is 5.41 Å². The Balaban J connectivity index is 1.71. The van der Waals surface area contributed by atoms with Gasteiger partial charge in [-0.15, -0.1) is 11.3 Å². The van der Waals surface area contributed by atoms with Crippen LogP contribution in [0.15, 0.2) is 5.38 Å². The molecule has 1 aliphatic heterocycles. The predicted octanol–water partition coefficient (Wildman–Crippen LogP) is 2.05. The molecule has 1 aromatic heterocycles. The van der Waals surface area contributed by atoms with Crippen molar-refractivity contribution >= 4 is 17.3 Å². The Morgan fingerprint density at radius 2 is 2.35 bits per heavy atom. The van der Waals surface area contributed by atoms with Crippen molar-refractivity contribution in [1.82, 2.24) is 4.98 Å². The molecule has 2 fully saturated rings. The van der Waals surface area contributed by atoms with Gasteiger partial charge in [0.15, 0.2) is 0 Å². The zero-order valence-corrected chi connectivity index (χ0v) is 10.3. The first-order valence-electron chi connectivity index (χ1n) is 5.95. The maximum atomic E-state index is 11.2. The van der Waals surface area contributed by atoms with Crippen LogP contribution in [-0.2, 0) is 16.0 Å². The van der Waals surface area contributed by atoms with Gasteiger partial charge in [0.05, 0.1) is 23.9 Å². The number of carbonyl (C=O) groups is 1. The van der Waals surface area contributed by atoms with Crippen LogP contribution in [0.2, 0.25) is 0 Å². The van der Waals surface area contributed by atoms with E-state index in [4.69, 9.17) is 4.74 Å². The Labute approximate surface area is 104 Å². The third-order valence-corrected chi connectivity index (χ3v) is 4.66. The topological polar surface area (TPSA) is 59.4 Å². The number of hydrogen-bond donors (Lipinski definition) is 1. The van der Waals surface area contributed by atoms with Crippen LogP contribution < -0.4 is 0 Å². The average Bonchev–Trinajstić information content (AvgIpc) is 2.56. The molecule has 2 heterocycles. The van der Waals surface area contributed by atoms with E-state index in [-0.39, 0.29) is 0 Å². The summed E-state index contributed by atoms with van der Waals surface area (Å²) in [5, 5.41) is 12.2. The van der Waals surface area contributed by atoms with Crippen molar-refractivity contribution in [3.63, 3.8) is 0 Å². The number of ether oxygens (including phenoxy) is 1. The molecule has 17 heavy (non-hydrogen) atoms. The number of aliphatic carboxylic acids is 1. The number of rotatable bonds is 4. The van der Waals surface area contributed by atoms with E-state index in [2.05, 4.69) is 10.4 Å². The Morgan fingerprint density at radius 3 is 2.82 bits per heavy atom. The second-order valence-corrected chi connectivity index (χ2v) is 5.99. The predicted molar refractivity (Wildman–Crippen MR) is 63.3 cm³/mol. The first-order chi connectivity index (χ1) is 8.20. The zero-order chi connectivity index (χ0) is 11.9. The normalized spacial score (nSPS) is 22.8. The van der Waals surface area contributed by atoms with Crippen molar-refractivity contribution < 1.29 is 14.6 Å². The minimum Gasteiger partial charge on any atom is -0.481 e. The highest BCUT2D eigenvalue weighted by molar-refractivity contribution is 7.09. The quantitative estimate of drug-likeness (QED) is 0.892. The van der Waals surface area contributed by atoms with Crippen LogP contribution in [0.5, 0.6) is 0 Å². The molecule has 1 N–H and O–H groups in total. The Kier molecular flexibility index (Phi) is 2.67. The second-order valence-electron chi connectivity index (χ2n) is 5.05. The van der Waals surface area contributed by atoms with E-state index in [1.807, 2.05) is 0 Å². The highest BCUT2D eigenvalue weighted by Crippen LogP contribution is 2.38. The fraction of sp³-hybridized carbons (Fsp3) is 0.667. The molecule has 0 bridgehead atoms. The molecule has 0 spiro atoms. The van der Waals surface area contributed by atoms with Crippen molar-refractivity contribution in [2.75, 3.05) is 13.2 Å². The minimum absolute atomic E-state index is 0.320. The first-order valence-corrected chi connectivity index (χ1v) is 6.83. The lowest BCUT2D eigenvalue weighted by Gasteiger charge is -2.36. The van der Waals surface area contributed by atoms with E-state index >= 15 is 0 Å². The SMILES string of the molecule is O=C(O)C1(Cc2nc(C3CCC3)cs2)COC1. The van der Waals surface area contributed by atoms with E-state index in [0.717, 1.165) is 10.7 Å². The van der Waals surface area contributed by atoms with Crippen molar-refractivity contribution in [3.05, 3.63) is 16.1 Å². The summed E-state index contributed by atoms with van der Waals surface area (Å²) in [6.45, 7) is 0.640. The van der Waals surface area contributed by atoms with E-state index in [1.165, 1.54) is 19.3 Å². The van der Waals surface area contributed by atoms with Gasteiger partial charge in [0.2, 0.25) is 0 Å². The third-order valence-electron chi connectivity index (χ3n) is 3.79. The van der Waals surface area contributed by atoms with Crippen LogP contribution in [0.3, 0.4) is 0 Å². The summed E-state index contributed by atoms with van der Waals surface area (Å²) in [5.74, 6) is -0.137. The lowest BCUT2D eigenvalue weighted by Crippen LogP contribution is -2.50. The summed E-state index contributed by atoms with van der Waals surface area (Å²) in [6.07, 6.45) is 4.27. The third kappa shape index (κ3) is 1.87. The van der Waals surface area contributed by atoms with Crippen molar-refractivity contribution in [3.8, 4) is 0 Å². The fourth-order valence-electron chi connectivity index (χ4n) is 2.24. The molecule has 4 nitrogen and oxygen atoms in total. The van der Waals surface area contributed by atoms with Gasteiger partial charge in [-0.3, -0.25) is 4.79 Å². The van der Waals surface area contributed by atoms with Gasteiger partial charge >= 0.3 is 5.97 Å². The maximum absolute atomic E-state index is 11.2. The molecule has 0 amide bonds. The van der Waals surface area contributed by atoms with E-state index in [0.29, 0.717) is 25.6 Å². The summed E-state index contributed by atoms with van der Waals surface area (Å²) in [7, 11) is 0.